The number of carboxylic acid groups (broad SMARTS) is 1. The molecule has 0 aliphatic rings. The van der Waals surface area contributed by atoms with Gasteiger partial charge in [-0.15, -0.1) is 0 Å². The van der Waals surface area contributed by atoms with Crippen LogP contribution in [0.15, 0.2) is 18.2 Å². The van der Waals surface area contributed by atoms with Gasteiger partial charge in [-0.3, -0.25) is 9.59 Å². The zero-order valence-electron chi connectivity index (χ0n) is 9.40. The molecule has 0 aliphatic carbocycles. The van der Waals surface area contributed by atoms with Gasteiger partial charge in [-0.05, 0) is 47.7 Å². The smallest absolute Gasteiger partial charge is 0.325 e. The van der Waals surface area contributed by atoms with Crippen LogP contribution in [0.2, 0.25) is 0 Å². The summed E-state index contributed by atoms with van der Waals surface area (Å²) in [6.45, 7) is 1.39. The molecule has 0 radical (unpaired) electrons. The molecule has 6 nitrogen and oxygen atoms in total. The van der Waals surface area contributed by atoms with Crippen molar-refractivity contribution in [3.63, 3.8) is 0 Å². The molecular weight excluding hydrogens is 349 g/mol. The van der Waals surface area contributed by atoms with Crippen molar-refractivity contribution in [2.24, 2.45) is 0 Å². The highest BCUT2D eigenvalue weighted by Gasteiger charge is 2.17. The lowest BCUT2D eigenvalue weighted by atomic mass is 10.3. The topological polar surface area (TPSA) is 95.1 Å². The van der Waals surface area contributed by atoms with Gasteiger partial charge in [0.2, 0.25) is 0 Å². The highest BCUT2D eigenvalue weighted by molar-refractivity contribution is 14.1. The van der Waals surface area contributed by atoms with Gasteiger partial charge < -0.3 is 15.4 Å². The Kier molecular flexibility index (Phi) is 3.50. The van der Waals surface area contributed by atoms with E-state index in [0.29, 0.717) is 5.52 Å². The van der Waals surface area contributed by atoms with Crippen molar-refractivity contribution in [1.29, 1.82) is 0 Å². The number of nitrogens with one attached hydrogen (secondary N) is 2. The Balaban J connectivity index is 2.26. The Morgan fingerprint density at radius 3 is 2.89 bits per heavy atom. The van der Waals surface area contributed by atoms with Crippen LogP contribution in [-0.4, -0.2) is 33.0 Å². The lowest BCUT2D eigenvalue weighted by Crippen LogP contribution is -2.38. The number of nitrogens with zero attached hydrogens (tertiary/aromatic N) is 1. The number of aromatic amines is 1. The summed E-state index contributed by atoms with van der Waals surface area (Å²) in [5.74, 6) is -1.51. The van der Waals surface area contributed by atoms with Crippen molar-refractivity contribution in [1.82, 2.24) is 15.3 Å². The van der Waals surface area contributed by atoms with Gasteiger partial charge in [0.15, 0.2) is 5.82 Å². The largest absolute Gasteiger partial charge is 0.480 e. The third kappa shape index (κ3) is 2.61. The first-order chi connectivity index (χ1) is 8.47. The summed E-state index contributed by atoms with van der Waals surface area (Å²) in [5, 5.41) is 11.0. The molecule has 0 spiro atoms. The molecular formula is C11H10IN3O3. The molecule has 2 aromatic rings. The maximum Gasteiger partial charge on any atom is 0.325 e. The molecule has 1 heterocycles. The Morgan fingerprint density at radius 2 is 2.22 bits per heavy atom. The van der Waals surface area contributed by atoms with Gasteiger partial charge in [0.25, 0.3) is 5.91 Å². The van der Waals surface area contributed by atoms with Gasteiger partial charge in [0.1, 0.15) is 6.04 Å². The average molecular weight is 359 g/mol. The van der Waals surface area contributed by atoms with Gasteiger partial charge in [-0.25, -0.2) is 4.98 Å². The van der Waals surface area contributed by atoms with E-state index in [0.717, 1.165) is 9.09 Å². The molecule has 0 fully saturated rings. The number of carbonyl (C=O) groups excluding carboxylic acids is 1. The third-order valence-electron chi connectivity index (χ3n) is 2.38. The Hall–Kier alpha value is -1.64. The van der Waals surface area contributed by atoms with Crippen molar-refractivity contribution in [2.45, 2.75) is 13.0 Å². The van der Waals surface area contributed by atoms with E-state index < -0.39 is 17.9 Å². The molecule has 2 rings (SSSR count). The van der Waals surface area contributed by atoms with Crippen molar-refractivity contribution in [2.75, 3.05) is 0 Å². The fourth-order valence-electron chi connectivity index (χ4n) is 1.41. The second-order valence-electron chi connectivity index (χ2n) is 3.78. The quantitative estimate of drug-likeness (QED) is 0.722. The molecule has 7 heteroatoms. The number of imidazole rings is 1. The van der Waals surface area contributed by atoms with Gasteiger partial charge in [-0.1, -0.05) is 0 Å². The number of aromatic nitrogens is 2. The molecule has 0 aliphatic heterocycles. The van der Waals surface area contributed by atoms with Crippen LogP contribution in [0.3, 0.4) is 0 Å². The van der Waals surface area contributed by atoms with Gasteiger partial charge in [0.05, 0.1) is 11.0 Å². The van der Waals surface area contributed by atoms with Crippen molar-refractivity contribution >= 4 is 45.5 Å². The minimum absolute atomic E-state index is 0.111. The number of fused-ring (bicyclic) bond motifs is 1. The van der Waals surface area contributed by atoms with Crippen LogP contribution >= 0.6 is 22.6 Å². The van der Waals surface area contributed by atoms with Gasteiger partial charge in [-0.2, -0.15) is 0 Å². The number of hydrogen-bond acceptors (Lipinski definition) is 3. The first kappa shape index (κ1) is 12.8. The Morgan fingerprint density at radius 1 is 1.50 bits per heavy atom. The zero-order valence-corrected chi connectivity index (χ0v) is 11.6. The molecule has 1 aromatic heterocycles. The van der Waals surface area contributed by atoms with Crippen molar-refractivity contribution in [3.8, 4) is 0 Å². The van der Waals surface area contributed by atoms with Crippen LogP contribution in [0.4, 0.5) is 0 Å². The summed E-state index contributed by atoms with van der Waals surface area (Å²) >= 11 is 2.15. The van der Waals surface area contributed by atoms with E-state index in [2.05, 4.69) is 37.9 Å². The predicted octanol–water partition coefficient (Wildman–Crippen LogP) is 1.37. The van der Waals surface area contributed by atoms with Gasteiger partial charge >= 0.3 is 5.97 Å². The standard InChI is InChI=1S/C11H10IN3O3/c1-5(11(17)18)13-10(16)9-14-7-3-2-6(12)4-8(7)15-9/h2-5H,1H3,(H,13,16)(H,14,15)(H,17,18)/t5-/m1/s1. The summed E-state index contributed by atoms with van der Waals surface area (Å²) in [6.07, 6.45) is 0. The SMILES string of the molecule is C[C@@H](NC(=O)c1nc2cc(I)ccc2[nH]1)C(=O)O. The van der Waals surface area contributed by atoms with Crippen LogP contribution in [-0.2, 0) is 4.79 Å². The van der Waals surface area contributed by atoms with E-state index in [4.69, 9.17) is 5.11 Å². The van der Waals surface area contributed by atoms with Crippen molar-refractivity contribution < 1.29 is 14.7 Å². The molecule has 0 saturated carbocycles. The summed E-state index contributed by atoms with van der Waals surface area (Å²) < 4.78 is 1.01. The summed E-state index contributed by atoms with van der Waals surface area (Å²) in [5.41, 5.74) is 1.42. The molecule has 18 heavy (non-hydrogen) atoms. The number of aliphatic carboxylic acids is 1. The monoisotopic (exact) mass is 359 g/mol. The van der Waals surface area contributed by atoms with Gasteiger partial charge in [0, 0.05) is 3.57 Å². The lowest BCUT2D eigenvalue weighted by molar-refractivity contribution is -0.138. The fourth-order valence-corrected chi connectivity index (χ4v) is 1.89. The molecule has 0 unspecified atom stereocenters. The Labute approximate surface area is 116 Å². The number of rotatable bonds is 3. The van der Waals surface area contributed by atoms with E-state index in [1.54, 1.807) is 0 Å². The minimum atomic E-state index is -1.09. The number of benzene rings is 1. The normalized spacial score (nSPS) is 12.3. The van der Waals surface area contributed by atoms with E-state index >= 15 is 0 Å². The second-order valence-corrected chi connectivity index (χ2v) is 5.03. The number of amides is 1. The van der Waals surface area contributed by atoms with E-state index in [9.17, 15) is 9.59 Å². The van der Waals surface area contributed by atoms with E-state index in [-0.39, 0.29) is 5.82 Å². The number of hydrogen-bond donors (Lipinski definition) is 3. The number of carbonyl (C=O) groups is 2. The highest BCUT2D eigenvalue weighted by Crippen LogP contribution is 2.15. The summed E-state index contributed by atoms with van der Waals surface area (Å²) in [4.78, 5) is 29.3. The fraction of sp³-hybridized carbons (Fsp3) is 0.182. The van der Waals surface area contributed by atoms with E-state index in [1.807, 2.05) is 18.2 Å². The highest BCUT2D eigenvalue weighted by atomic mass is 127. The number of carboxylic acids is 1. The Bertz CT molecular complexity index is 623. The molecule has 3 N–H and O–H groups in total. The van der Waals surface area contributed by atoms with Crippen LogP contribution in [0.1, 0.15) is 17.5 Å². The number of H-pyrrole nitrogens is 1. The van der Waals surface area contributed by atoms with E-state index in [1.165, 1.54) is 6.92 Å². The zero-order chi connectivity index (χ0) is 13.3. The van der Waals surface area contributed by atoms with Crippen LogP contribution < -0.4 is 5.32 Å². The maximum atomic E-state index is 11.7. The predicted molar refractivity (Wildman–Crippen MR) is 73.4 cm³/mol. The number of halogens is 1. The third-order valence-corrected chi connectivity index (χ3v) is 3.05. The van der Waals surface area contributed by atoms with Crippen molar-refractivity contribution in [3.05, 3.63) is 27.6 Å². The van der Waals surface area contributed by atoms with Crippen LogP contribution in [0, 0.1) is 3.57 Å². The molecule has 94 valence electrons. The van der Waals surface area contributed by atoms with Crippen LogP contribution in [0.5, 0.6) is 0 Å². The summed E-state index contributed by atoms with van der Waals surface area (Å²) in [7, 11) is 0. The molecule has 1 aromatic carbocycles. The molecule has 0 bridgehead atoms. The molecule has 1 atom stereocenters. The first-order valence-corrected chi connectivity index (χ1v) is 6.24. The maximum absolute atomic E-state index is 11.7. The first-order valence-electron chi connectivity index (χ1n) is 5.16. The van der Waals surface area contributed by atoms with Crippen LogP contribution in [0.25, 0.3) is 11.0 Å². The summed E-state index contributed by atoms with van der Waals surface area (Å²) in [6, 6.07) is 4.60. The molecule has 1 amide bonds. The second kappa shape index (κ2) is 4.92. The minimum Gasteiger partial charge on any atom is -0.480 e. The average Bonchev–Trinajstić information content (AvgIpc) is 2.71. The lowest BCUT2D eigenvalue weighted by Gasteiger charge is -2.06. The molecule has 0 saturated heterocycles.